The fourth-order valence-electron chi connectivity index (χ4n) is 2.78. The minimum Gasteiger partial charge on any atom is -0.494 e. The number of nitrogens with zero attached hydrogens (tertiary/aromatic N) is 1. The molecule has 27 heavy (non-hydrogen) atoms. The Bertz CT molecular complexity index is 872. The van der Waals surface area contributed by atoms with Gasteiger partial charge in [-0.1, -0.05) is 18.2 Å². The van der Waals surface area contributed by atoms with Crippen molar-refractivity contribution < 1.29 is 17.9 Å². The van der Waals surface area contributed by atoms with Crippen LogP contribution in [0, 0.1) is 13.8 Å². The van der Waals surface area contributed by atoms with Crippen molar-refractivity contribution in [2.45, 2.75) is 27.2 Å². The maximum Gasteiger partial charge on any atom is 0.232 e. The number of anilines is 2. The standard InChI is InChI=1S/C20H26N2O4S/c1-5-26-18-11-9-17(10-12-18)22(27(4,24)25)14-13-19(23)21-20-15(2)7-6-8-16(20)3/h6-12H,5,13-14H2,1-4H3,(H,21,23). The van der Waals surface area contributed by atoms with E-state index in [0.717, 1.165) is 23.1 Å². The van der Waals surface area contributed by atoms with Gasteiger partial charge in [-0.3, -0.25) is 9.10 Å². The molecule has 0 aliphatic heterocycles. The molecule has 0 saturated carbocycles. The molecular formula is C20H26N2O4S. The normalized spacial score (nSPS) is 11.1. The molecule has 0 radical (unpaired) electrons. The summed E-state index contributed by atoms with van der Waals surface area (Å²) in [5, 5.41) is 2.88. The zero-order valence-corrected chi connectivity index (χ0v) is 17.0. The Morgan fingerprint density at radius 2 is 1.67 bits per heavy atom. The van der Waals surface area contributed by atoms with Gasteiger partial charge in [0.2, 0.25) is 15.9 Å². The largest absolute Gasteiger partial charge is 0.494 e. The molecule has 2 aromatic rings. The average Bonchev–Trinajstić information content (AvgIpc) is 2.59. The number of para-hydroxylation sites is 1. The number of carbonyl (C=O) groups is 1. The molecular weight excluding hydrogens is 364 g/mol. The van der Waals surface area contributed by atoms with Crippen LogP contribution >= 0.6 is 0 Å². The summed E-state index contributed by atoms with van der Waals surface area (Å²) in [6.45, 7) is 6.32. The minimum atomic E-state index is -3.52. The van der Waals surface area contributed by atoms with Crippen LogP contribution in [-0.4, -0.2) is 33.7 Å². The molecule has 0 heterocycles. The van der Waals surface area contributed by atoms with Crippen molar-refractivity contribution >= 4 is 27.3 Å². The molecule has 1 N–H and O–H groups in total. The Morgan fingerprint density at radius 3 is 2.19 bits per heavy atom. The number of carbonyl (C=O) groups excluding carboxylic acids is 1. The highest BCUT2D eigenvalue weighted by Crippen LogP contribution is 2.23. The minimum absolute atomic E-state index is 0.0497. The predicted molar refractivity (Wildman–Crippen MR) is 109 cm³/mol. The summed E-state index contributed by atoms with van der Waals surface area (Å²) in [4.78, 5) is 12.4. The lowest BCUT2D eigenvalue weighted by atomic mass is 10.1. The van der Waals surface area contributed by atoms with E-state index < -0.39 is 10.0 Å². The Morgan fingerprint density at radius 1 is 1.07 bits per heavy atom. The van der Waals surface area contributed by atoms with Gasteiger partial charge in [0.25, 0.3) is 0 Å². The van der Waals surface area contributed by atoms with Crippen LogP contribution in [0.3, 0.4) is 0 Å². The van der Waals surface area contributed by atoms with Crippen molar-refractivity contribution in [3.05, 3.63) is 53.6 Å². The third kappa shape index (κ3) is 5.72. The Balaban J connectivity index is 2.10. The first-order valence-electron chi connectivity index (χ1n) is 8.79. The lowest BCUT2D eigenvalue weighted by molar-refractivity contribution is -0.116. The highest BCUT2D eigenvalue weighted by molar-refractivity contribution is 7.92. The Hall–Kier alpha value is -2.54. The number of ether oxygens (including phenoxy) is 1. The molecule has 0 aromatic heterocycles. The molecule has 2 rings (SSSR count). The lowest BCUT2D eigenvalue weighted by Crippen LogP contribution is -2.33. The van der Waals surface area contributed by atoms with Gasteiger partial charge in [-0.05, 0) is 56.2 Å². The second-order valence-corrected chi connectivity index (χ2v) is 8.23. The molecule has 0 aliphatic rings. The van der Waals surface area contributed by atoms with Crippen LogP contribution in [0.2, 0.25) is 0 Å². The maximum absolute atomic E-state index is 12.4. The van der Waals surface area contributed by atoms with Crippen LogP contribution in [0.4, 0.5) is 11.4 Å². The fraction of sp³-hybridized carbons (Fsp3) is 0.350. The second kappa shape index (κ2) is 8.90. The molecule has 7 heteroatoms. The smallest absolute Gasteiger partial charge is 0.232 e. The van der Waals surface area contributed by atoms with Gasteiger partial charge in [0.05, 0.1) is 18.6 Å². The molecule has 0 atom stereocenters. The molecule has 0 spiro atoms. The van der Waals surface area contributed by atoms with E-state index in [1.165, 1.54) is 4.31 Å². The van der Waals surface area contributed by atoms with Crippen LogP contribution in [0.15, 0.2) is 42.5 Å². The van der Waals surface area contributed by atoms with Gasteiger partial charge in [-0.2, -0.15) is 0 Å². The number of hydrogen-bond acceptors (Lipinski definition) is 4. The van der Waals surface area contributed by atoms with Gasteiger partial charge in [0.1, 0.15) is 5.75 Å². The van der Waals surface area contributed by atoms with Gasteiger partial charge in [-0.15, -0.1) is 0 Å². The summed E-state index contributed by atoms with van der Waals surface area (Å²) in [6.07, 6.45) is 1.18. The van der Waals surface area contributed by atoms with Crippen molar-refractivity contribution in [3.8, 4) is 5.75 Å². The van der Waals surface area contributed by atoms with E-state index >= 15 is 0 Å². The zero-order chi connectivity index (χ0) is 20.0. The predicted octanol–water partition coefficient (Wildman–Crippen LogP) is 3.50. The summed E-state index contributed by atoms with van der Waals surface area (Å²) in [5.74, 6) is 0.439. The van der Waals surface area contributed by atoms with Gasteiger partial charge >= 0.3 is 0 Å². The zero-order valence-electron chi connectivity index (χ0n) is 16.2. The number of amides is 1. The van der Waals surface area contributed by atoms with Crippen LogP contribution in [0.25, 0.3) is 0 Å². The molecule has 2 aromatic carbocycles. The molecule has 0 unspecified atom stereocenters. The average molecular weight is 391 g/mol. The summed E-state index contributed by atoms with van der Waals surface area (Å²) in [6, 6.07) is 12.6. The third-order valence-corrected chi connectivity index (χ3v) is 5.32. The molecule has 0 bridgehead atoms. The number of aryl methyl sites for hydroxylation is 2. The van der Waals surface area contributed by atoms with E-state index in [4.69, 9.17) is 4.74 Å². The fourth-order valence-corrected chi connectivity index (χ4v) is 3.71. The van der Waals surface area contributed by atoms with Gasteiger partial charge in [0.15, 0.2) is 0 Å². The number of benzene rings is 2. The third-order valence-electron chi connectivity index (χ3n) is 4.12. The second-order valence-electron chi connectivity index (χ2n) is 6.33. The summed E-state index contributed by atoms with van der Waals surface area (Å²) >= 11 is 0. The monoisotopic (exact) mass is 390 g/mol. The Labute approximate surface area is 161 Å². The maximum atomic E-state index is 12.4. The van der Waals surface area contributed by atoms with Crippen LogP contribution in [-0.2, 0) is 14.8 Å². The van der Waals surface area contributed by atoms with E-state index in [-0.39, 0.29) is 18.9 Å². The molecule has 0 aliphatic carbocycles. The van der Waals surface area contributed by atoms with Crippen molar-refractivity contribution in [2.75, 3.05) is 29.0 Å². The SMILES string of the molecule is CCOc1ccc(N(CCC(=O)Nc2c(C)cccc2C)S(C)(=O)=O)cc1. The summed E-state index contributed by atoms with van der Waals surface area (Å²) < 4.78 is 31.0. The highest BCUT2D eigenvalue weighted by atomic mass is 32.2. The van der Waals surface area contributed by atoms with Crippen molar-refractivity contribution in [1.82, 2.24) is 0 Å². The summed E-state index contributed by atoms with van der Waals surface area (Å²) in [7, 11) is -3.52. The number of sulfonamides is 1. The van der Waals surface area contributed by atoms with Crippen molar-refractivity contribution in [3.63, 3.8) is 0 Å². The van der Waals surface area contributed by atoms with Gasteiger partial charge in [0, 0.05) is 18.7 Å². The first-order chi connectivity index (χ1) is 12.7. The van der Waals surface area contributed by atoms with Crippen molar-refractivity contribution in [2.24, 2.45) is 0 Å². The van der Waals surface area contributed by atoms with Crippen LogP contribution in [0.1, 0.15) is 24.5 Å². The topological polar surface area (TPSA) is 75.7 Å². The number of hydrogen-bond donors (Lipinski definition) is 1. The lowest BCUT2D eigenvalue weighted by Gasteiger charge is -2.22. The van der Waals surface area contributed by atoms with E-state index in [1.54, 1.807) is 24.3 Å². The molecule has 6 nitrogen and oxygen atoms in total. The molecule has 0 fully saturated rings. The van der Waals surface area contributed by atoms with Gasteiger partial charge in [-0.25, -0.2) is 8.42 Å². The summed E-state index contributed by atoms with van der Waals surface area (Å²) in [5.41, 5.74) is 3.21. The highest BCUT2D eigenvalue weighted by Gasteiger charge is 2.19. The number of nitrogens with one attached hydrogen (secondary N) is 1. The molecule has 1 amide bonds. The van der Waals surface area contributed by atoms with E-state index in [1.807, 2.05) is 39.0 Å². The van der Waals surface area contributed by atoms with Crippen LogP contribution < -0.4 is 14.4 Å². The first kappa shape index (κ1) is 20.8. The van der Waals surface area contributed by atoms with Crippen molar-refractivity contribution in [1.29, 1.82) is 0 Å². The molecule has 0 saturated heterocycles. The number of rotatable bonds is 8. The molecule has 146 valence electrons. The van der Waals surface area contributed by atoms with E-state index in [9.17, 15) is 13.2 Å². The van der Waals surface area contributed by atoms with E-state index in [2.05, 4.69) is 5.32 Å². The first-order valence-corrected chi connectivity index (χ1v) is 10.6. The quantitative estimate of drug-likeness (QED) is 0.749. The van der Waals surface area contributed by atoms with E-state index in [0.29, 0.717) is 18.0 Å². The Kier molecular flexibility index (Phi) is 6.85. The van der Waals surface area contributed by atoms with Crippen LogP contribution in [0.5, 0.6) is 5.75 Å². The van der Waals surface area contributed by atoms with Gasteiger partial charge < -0.3 is 10.1 Å².